The van der Waals surface area contributed by atoms with Crippen LogP contribution in [0.15, 0.2) is 24.3 Å². The minimum atomic E-state index is 0.761. The molecule has 3 rings (SSSR count). The SMILES string of the molecule is c1ccc2c(c1)C[C@H](CN1CCSCC1)CCO2. The number of para-hydroxylation sites is 1. The molecular formula is C15H21NOS. The summed E-state index contributed by atoms with van der Waals surface area (Å²) in [5.74, 6) is 4.48. The minimum Gasteiger partial charge on any atom is -0.493 e. The average Bonchev–Trinajstić information content (AvgIpc) is 2.61. The molecule has 0 radical (unpaired) electrons. The molecule has 1 aromatic carbocycles. The third kappa shape index (κ3) is 3.01. The van der Waals surface area contributed by atoms with E-state index in [9.17, 15) is 0 Å². The molecule has 0 aliphatic carbocycles. The Balaban J connectivity index is 1.63. The molecule has 0 aromatic heterocycles. The van der Waals surface area contributed by atoms with Crippen LogP contribution in [0.25, 0.3) is 0 Å². The van der Waals surface area contributed by atoms with Crippen LogP contribution in [0.5, 0.6) is 5.75 Å². The molecule has 0 amide bonds. The molecule has 0 saturated carbocycles. The number of rotatable bonds is 2. The smallest absolute Gasteiger partial charge is 0.122 e. The first-order chi connectivity index (χ1) is 8.92. The van der Waals surface area contributed by atoms with Gasteiger partial charge in [-0.1, -0.05) is 18.2 Å². The molecule has 1 aromatic rings. The molecule has 2 heterocycles. The van der Waals surface area contributed by atoms with E-state index in [2.05, 4.69) is 40.9 Å². The highest BCUT2D eigenvalue weighted by Crippen LogP contribution is 2.27. The monoisotopic (exact) mass is 263 g/mol. The Morgan fingerprint density at radius 1 is 1.22 bits per heavy atom. The van der Waals surface area contributed by atoms with Crippen LogP contribution in [0.3, 0.4) is 0 Å². The number of nitrogens with zero attached hydrogens (tertiary/aromatic N) is 1. The van der Waals surface area contributed by atoms with E-state index in [0.29, 0.717) is 0 Å². The van der Waals surface area contributed by atoms with Gasteiger partial charge in [0.1, 0.15) is 5.75 Å². The topological polar surface area (TPSA) is 12.5 Å². The van der Waals surface area contributed by atoms with Crippen molar-refractivity contribution in [3.63, 3.8) is 0 Å². The molecule has 0 N–H and O–H groups in total. The summed E-state index contributed by atoms with van der Waals surface area (Å²) < 4.78 is 5.85. The predicted molar refractivity (Wildman–Crippen MR) is 77.5 cm³/mol. The van der Waals surface area contributed by atoms with Crippen molar-refractivity contribution >= 4 is 11.8 Å². The van der Waals surface area contributed by atoms with Crippen molar-refractivity contribution in [2.24, 2.45) is 5.92 Å². The minimum absolute atomic E-state index is 0.761. The van der Waals surface area contributed by atoms with Gasteiger partial charge >= 0.3 is 0 Å². The fraction of sp³-hybridized carbons (Fsp3) is 0.600. The Bertz CT molecular complexity index is 390. The average molecular weight is 263 g/mol. The lowest BCUT2D eigenvalue weighted by Crippen LogP contribution is -2.37. The van der Waals surface area contributed by atoms with E-state index < -0.39 is 0 Å². The fourth-order valence-corrected chi connectivity index (χ4v) is 3.85. The second-order valence-electron chi connectivity index (χ2n) is 5.23. The van der Waals surface area contributed by atoms with E-state index in [-0.39, 0.29) is 0 Å². The van der Waals surface area contributed by atoms with Gasteiger partial charge in [-0.3, -0.25) is 0 Å². The van der Waals surface area contributed by atoms with Gasteiger partial charge in [0.05, 0.1) is 6.61 Å². The summed E-state index contributed by atoms with van der Waals surface area (Å²) in [5.41, 5.74) is 1.39. The van der Waals surface area contributed by atoms with Crippen LogP contribution < -0.4 is 4.74 Å². The lowest BCUT2D eigenvalue weighted by atomic mass is 9.96. The first kappa shape index (κ1) is 12.4. The van der Waals surface area contributed by atoms with Crippen molar-refractivity contribution in [1.29, 1.82) is 0 Å². The summed E-state index contributed by atoms with van der Waals surface area (Å²) in [6, 6.07) is 8.53. The zero-order valence-corrected chi connectivity index (χ0v) is 11.6. The van der Waals surface area contributed by atoms with Gasteiger partial charge in [-0.05, 0) is 30.4 Å². The van der Waals surface area contributed by atoms with Crippen LogP contribution >= 0.6 is 11.8 Å². The van der Waals surface area contributed by atoms with Crippen molar-refractivity contribution in [1.82, 2.24) is 4.90 Å². The Morgan fingerprint density at radius 2 is 2.06 bits per heavy atom. The molecular weight excluding hydrogens is 242 g/mol. The highest BCUT2D eigenvalue weighted by molar-refractivity contribution is 7.99. The maximum absolute atomic E-state index is 5.85. The summed E-state index contributed by atoms with van der Waals surface area (Å²) in [6.07, 6.45) is 2.37. The van der Waals surface area contributed by atoms with Crippen molar-refractivity contribution in [3.8, 4) is 5.75 Å². The normalized spacial score (nSPS) is 25.0. The maximum atomic E-state index is 5.85. The summed E-state index contributed by atoms with van der Waals surface area (Å²) in [5, 5.41) is 0. The van der Waals surface area contributed by atoms with E-state index in [4.69, 9.17) is 4.74 Å². The van der Waals surface area contributed by atoms with Crippen LogP contribution in [-0.2, 0) is 6.42 Å². The third-order valence-corrected chi connectivity index (χ3v) is 4.83. The van der Waals surface area contributed by atoms with Gasteiger partial charge in [0, 0.05) is 31.1 Å². The van der Waals surface area contributed by atoms with Crippen LogP contribution in [0, 0.1) is 5.92 Å². The highest BCUT2D eigenvalue weighted by Gasteiger charge is 2.20. The van der Waals surface area contributed by atoms with Gasteiger partial charge in [-0.25, -0.2) is 0 Å². The maximum Gasteiger partial charge on any atom is 0.122 e. The Labute approximate surface area is 114 Å². The third-order valence-electron chi connectivity index (χ3n) is 3.88. The predicted octanol–water partition coefficient (Wildman–Crippen LogP) is 2.68. The van der Waals surface area contributed by atoms with Gasteiger partial charge in [-0.15, -0.1) is 0 Å². The number of ether oxygens (including phenoxy) is 1. The van der Waals surface area contributed by atoms with Crippen molar-refractivity contribution in [2.45, 2.75) is 12.8 Å². The van der Waals surface area contributed by atoms with Gasteiger partial charge in [0.15, 0.2) is 0 Å². The quantitative estimate of drug-likeness (QED) is 0.814. The molecule has 3 heteroatoms. The van der Waals surface area contributed by atoms with Gasteiger partial charge in [0.2, 0.25) is 0 Å². The van der Waals surface area contributed by atoms with Crippen molar-refractivity contribution < 1.29 is 4.74 Å². The Hall–Kier alpha value is -0.670. The van der Waals surface area contributed by atoms with Gasteiger partial charge in [0.25, 0.3) is 0 Å². The molecule has 2 nitrogen and oxygen atoms in total. The van der Waals surface area contributed by atoms with E-state index in [1.807, 2.05) is 0 Å². The zero-order chi connectivity index (χ0) is 12.2. The largest absolute Gasteiger partial charge is 0.493 e. The number of benzene rings is 1. The molecule has 2 aliphatic heterocycles. The van der Waals surface area contributed by atoms with E-state index >= 15 is 0 Å². The summed E-state index contributed by atoms with van der Waals surface area (Å²) >= 11 is 2.09. The highest BCUT2D eigenvalue weighted by atomic mass is 32.2. The second kappa shape index (κ2) is 5.98. The van der Waals surface area contributed by atoms with Crippen LogP contribution in [-0.4, -0.2) is 42.6 Å². The lowest BCUT2D eigenvalue weighted by molar-refractivity contribution is 0.224. The molecule has 1 saturated heterocycles. The van der Waals surface area contributed by atoms with Crippen LogP contribution in [0.1, 0.15) is 12.0 Å². The van der Waals surface area contributed by atoms with Gasteiger partial charge < -0.3 is 9.64 Å². The van der Waals surface area contributed by atoms with Crippen LogP contribution in [0.4, 0.5) is 0 Å². The molecule has 0 spiro atoms. The summed E-state index contributed by atoms with van der Waals surface area (Å²) in [4.78, 5) is 2.63. The first-order valence-corrected chi connectivity index (χ1v) is 8.08. The molecule has 0 bridgehead atoms. The van der Waals surface area contributed by atoms with E-state index in [1.165, 1.54) is 49.5 Å². The van der Waals surface area contributed by atoms with Gasteiger partial charge in [-0.2, -0.15) is 11.8 Å². The summed E-state index contributed by atoms with van der Waals surface area (Å²) in [7, 11) is 0. The molecule has 18 heavy (non-hydrogen) atoms. The standard InChI is InChI=1S/C15H21NOS/c1-2-4-15-14(3-1)11-13(5-8-17-15)12-16-6-9-18-10-7-16/h1-4,13H,5-12H2/t13-/m1/s1. The Kier molecular flexibility index (Phi) is 4.11. The Morgan fingerprint density at radius 3 is 2.94 bits per heavy atom. The van der Waals surface area contributed by atoms with E-state index in [0.717, 1.165) is 18.3 Å². The fourth-order valence-electron chi connectivity index (χ4n) is 2.87. The first-order valence-electron chi connectivity index (χ1n) is 6.92. The second-order valence-corrected chi connectivity index (χ2v) is 6.45. The number of hydrogen-bond acceptors (Lipinski definition) is 3. The number of thioether (sulfide) groups is 1. The number of hydrogen-bond donors (Lipinski definition) is 0. The van der Waals surface area contributed by atoms with E-state index in [1.54, 1.807) is 0 Å². The lowest BCUT2D eigenvalue weighted by Gasteiger charge is -2.29. The molecule has 0 unspecified atom stereocenters. The molecule has 1 fully saturated rings. The van der Waals surface area contributed by atoms with Crippen LogP contribution in [0.2, 0.25) is 0 Å². The van der Waals surface area contributed by atoms with Crippen molar-refractivity contribution in [3.05, 3.63) is 29.8 Å². The molecule has 98 valence electrons. The molecule has 2 aliphatic rings. The number of fused-ring (bicyclic) bond motifs is 1. The summed E-state index contributed by atoms with van der Waals surface area (Å²) in [6.45, 7) is 4.66. The molecule has 1 atom stereocenters. The zero-order valence-electron chi connectivity index (χ0n) is 10.8. The van der Waals surface area contributed by atoms with Crippen molar-refractivity contribution in [2.75, 3.05) is 37.7 Å².